The van der Waals surface area contributed by atoms with Gasteiger partial charge in [0.15, 0.2) is 0 Å². The first-order valence-corrected chi connectivity index (χ1v) is 23.3. The molecule has 2 atom stereocenters. The second-order valence-electron chi connectivity index (χ2n) is 14.0. The van der Waals surface area contributed by atoms with Crippen molar-refractivity contribution in [1.82, 2.24) is 20.4 Å². The molecule has 8 fully saturated rings. The van der Waals surface area contributed by atoms with Crippen LogP contribution in [0.1, 0.15) is 226 Å². The molecule has 390 valence electrons. The van der Waals surface area contributed by atoms with Crippen LogP contribution in [0.25, 0.3) is 0 Å². The molecule has 0 aromatic rings. The number of likely N-dealkylation sites (tertiary alicyclic amines) is 2. The van der Waals surface area contributed by atoms with Crippen molar-refractivity contribution >= 4 is 47.9 Å². The molecular formula is C50H104N4O10Y2. The Labute approximate surface area is 456 Å². The quantitative estimate of drug-likeness (QED) is 0.135. The number of amides is 6. The number of hydrogen-bond donors (Lipinski definition) is 3. The molecule has 2 aliphatic heterocycles. The van der Waals surface area contributed by atoms with Crippen LogP contribution in [0, 0.1) is 17.8 Å². The molecule has 2 radical (unpaired) electrons. The van der Waals surface area contributed by atoms with E-state index in [2.05, 4.69) is 15.4 Å². The van der Waals surface area contributed by atoms with Gasteiger partial charge in [-0.2, -0.15) is 0 Å². The summed E-state index contributed by atoms with van der Waals surface area (Å²) >= 11 is 0. The number of carbonyl (C=O) groups excluding carboxylic acids is 7. The molecule has 2 saturated heterocycles. The summed E-state index contributed by atoms with van der Waals surface area (Å²) in [6.45, 7) is 16.1. The number of carboxylic acid groups (broad SMARTS) is 1. The predicted molar refractivity (Wildman–Crippen MR) is 267 cm³/mol. The average molecular weight is 1100 g/mol. The number of β-lactam (4-membered cyclic amide) rings is 4. The van der Waals surface area contributed by atoms with Gasteiger partial charge in [-0.3, -0.25) is 48.2 Å². The summed E-state index contributed by atoms with van der Waals surface area (Å²) in [5.74, 6) is -6.05. The largest absolute Gasteiger partial charge is 0.481 e. The number of imide groups is 2. The summed E-state index contributed by atoms with van der Waals surface area (Å²) in [5, 5.41) is 13.6. The van der Waals surface area contributed by atoms with Gasteiger partial charge in [-0.25, -0.2) is 0 Å². The third-order valence-corrected chi connectivity index (χ3v) is 10.2. The zero-order chi connectivity index (χ0) is 46.9. The molecule has 6 aliphatic carbocycles. The molecule has 8 rings (SSSR count). The van der Waals surface area contributed by atoms with Gasteiger partial charge in [0.2, 0.25) is 35.4 Å². The molecule has 6 amide bonds. The summed E-state index contributed by atoms with van der Waals surface area (Å²) in [6, 6.07) is 0. The van der Waals surface area contributed by atoms with Crippen molar-refractivity contribution in [3.63, 3.8) is 0 Å². The summed E-state index contributed by atoms with van der Waals surface area (Å²) in [4.78, 5) is 87.4. The summed E-state index contributed by atoms with van der Waals surface area (Å²) < 4.78 is 4.66. The molecule has 14 nitrogen and oxygen atoms in total. The van der Waals surface area contributed by atoms with Crippen molar-refractivity contribution in [2.24, 2.45) is 17.8 Å². The van der Waals surface area contributed by atoms with Gasteiger partial charge < -0.3 is 20.5 Å². The Bertz CT molecular complexity index is 1010. The van der Waals surface area contributed by atoms with E-state index in [1.54, 1.807) is 0 Å². The Hall–Kier alpha value is -1.63. The fourth-order valence-corrected chi connectivity index (χ4v) is 4.29. The van der Waals surface area contributed by atoms with E-state index >= 15 is 0 Å². The number of nitrogens with one attached hydrogen (secondary N) is 2. The van der Waals surface area contributed by atoms with Crippen LogP contribution in [0.4, 0.5) is 0 Å². The maximum absolute atomic E-state index is 11.5. The van der Waals surface area contributed by atoms with Gasteiger partial charge in [-0.05, 0) is 0 Å². The first kappa shape index (κ1) is 87.4. The van der Waals surface area contributed by atoms with E-state index in [0.717, 1.165) is 9.80 Å². The predicted octanol–water partition coefficient (Wildman–Crippen LogP) is 11.2. The minimum absolute atomic E-state index is 0. The molecule has 66 heavy (non-hydrogen) atoms. The molecule has 0 spiro atoms. The zero-order valence-electron chi connectivity index (χ0n) is 41.1. The van der Waals surface area contributed by atoms with Gasteiger partial charge in [-0.15, -0.1) is 0 Å². The first-order valence-electron chi connectivity index (χ1n) is 23.3. The molecule has 3 N–H and O–H groups in total. The fourth-order valence-electron chi connectivity index (χ4n) is 4.29. The van der Waals surface area contributed by atoms with Crippen molar-refractivity contribution in [1.29, 1.82) is 0 Å². The van der Waals surface area contributed by atoms with Crippen LogP contribution < -0.4 is 10.6 Å². The molecule has 8 aliphatic rings. The Morgan fingerprint density at radius 2 is 0.652 bits per heavy atom. The Morgan fingerprint density at radius 3 is 0.727 bits per heavy atom. The SMILES string of the molecule is C.C.C.C.C1CCC1.C1CCC1.C1CCC1.C1CCC1.C1CCC1.CC.CC.CC.CC.CN1C(=O)CC1=O.CN1C(=O)CC1=O.CNC(=O)C1C(OC=O)C(C(=O)NC)C1C(=O)O.[Y].[Y]. The number of aliphatic carboxylic acids is 1. The standard InChI is InChI=1S/C10H14N2O6.2C4H5NO2.5C4H8.4C2H6.4CH4.2Y/c1-11-8(14)5-4(10(16)17)6(9(15)12-2)7(5)18-3-13;2*1-5-3(6)2-4(5)7;5*1-2-4-3-1;4*1-2;;;;;;/h3-7H,1-2H3,(H,11,14)(H,12,15)(H,16,17);2*2H2,1H3;5*1-4H2;4*1-2H3;4*1H4;;. The van der Waals surface area contributed by atoms with E-state index in [1.165, 1.54) is 157 Å². The van der Waals surface area contributed by atoms with Crippen molar-refractivity contribution in [3.8, 4) is 0 Å². The average Bonchev–Trinajstić information content (AvgIpc) is 3.13. The fraction of sp³-hybridized carbons (Fsp3) is 0.840. The molecule has 2 heterocycles. The normalized spacial score (nSPS) is 19.9. The van der Waals surface area contributed by atoms with E-state index in [0.29, 0.717) is 0 Å². The van der Waals surface area contributed by atoms with Crippen LogP contribution in [0.15, 0.2) is 0 Å². The first-order chi connectivity index (χ1) is 28.9. The van der Waals surface area contributed by atoms with E-state index in [4.69, 9.17) is 5.11 Å². The molecule has 0 aromatic heterocycles. The smallest absolute Gasteiger partial charge is 0.308 e. The summed E-state index contributed by atoms with van der Waals surface area (Å²) in [6.07, 6.45) is 29.2. The van der Waals surface area contributed by atoms with E-state index in [9.17, 15) is 38.4 Å². The maximum atomic E-state index is 11.5. The zero-order valence-corrected chi connectivity index (χ0v) is 46.8. The third-order valence-electron chi connectivity index (χ3n) is 10.2. The van der Waals surface area contributed by atoms with Crippen LogP contribution in [0.2, 0.25) is 0 Å². The monoisotopic (exact) mass is 1100 g/mol. The topological polar surface area (TPSA) is 197 Å². The van der Waals surface area contributed by atoms with E-state index in [1.807, 2.05) is 55.4 Å². The van der Waals surface area contributed by atoms with Crippen molar-refractivity contribution in [2.75, 3.05) is 28.2 Å². The number of hydrogen-bond acceptors (Lipinski definition) is 9. The molecular weight excluding hydrogens is 994 g/mol. The van der Waals surface area contributed by atoms with Crippen LogP contribution in [0.3, 0.4) is 0 Å². The van der Waals surface area contributed by atoms with Crippen molar-refractivity contribution in [2.45, 2.75) is 232 Å². The van der Waals surface area contributed by atoms with Gasteiger partial charge in [0.25, 0.3) is 6.47 Å². The molecule has 0 aromatic carbocycles. The number of ether oxygens (including phenoxy) is 1. The molecule has 0 bridgehead atoms. The minimum Gasteiger partial charge on any atom is -0.481 e. The second kappa shape index (κ2) is 61.4. The minimum atomic E-state index is -1.28. The number of carboxylic acids is 1. The van der Waals surface area contributed by atoms with Gasteiger partial charge in [0, 0.05) is 93.6 Å². The maximum Gasteiger partial charge on any atom is 0.308 e. The number of carbonyl (C=O) groups is 8. The molecule has 2 unspecified atom stereocenters. The summed E-state index contributed by atoms with van der Waals surface area (Å²) in [5.41, 5.74) is 0. The van der Waals surface area contributed by atoms with Crippen molar-refractivity contribution < 1.29 is 114 Å². The summed E-state index contributed by atoms with van der Waals surface area (Å²) in [7, 11) is 5.64. The second-order valence-corrected chi connectivity index (χ2v) is 14.0. The number of nitrogens with zero attached hydrogens (tertiary/aromatic N) is 2. The van der Waals surface area contributed by atoms with E-state index < -0.39 is 41.6 Å². The number of rotatable bonds is 5. The Kier molecular flexibility index (Phi) is 81.3. The van der Waals surface area contributed by atoms with E-state index in [-0.39, 0.29) is 138 Å². The van der Waals surface area contributed by atoms with Gasteiger partial charge in [-0.1, -0.05) is 214 Å². The van der Waals surface area contributed by atoms with Gasteiger partial charge in [0.1, 0.15) is 18.9 Å². The van der Waals surface area contributed by atoms with Crippen LogP contribution in [-0.2, 0) is 109 Å². The molecule has 6 saturated carbocycles. The van der Waals surface area contributed by atoms with Gasteiger partial charge in [0.05, 0.1) is 17.8 Å². The van der Waals surface area contributed by atoms with Crippen LogP contribution in [-0.4, -0.2) is 97.1 Å². The third kappa shape index (κ3) is 39.2. The molecule has 16 heteroatoms. The van der Waals surface area contributed by atoms with Crippen molar-refractivity contribution in [3.05, 3.63) is 0 Å². The Balaban J connectivity index is -0.0000000698. The Morgan fingerprint density at radius 1 is 0.470 bits per heavy atom. The van der Waals surface area contributed by atoms with Gasteiger partial charge >= 0.3 is 5.97 Å². The van der Waals surface area contributed by atoms with Crippen LogP contribution >= 0.6 is 0 Å². The van der Waals surface area contributed by atoms with Crippen LogP contribution in [0.5, 0.6) is 0 Å².